The van der Waals surface area contributed by atoms with Crippen LogP contribution in [0.3, 0.4) is 0 Å². The molecule has 12 heteroatoms. The number of hydrogen-bond acceptors (Lipinski definition) is 10. The fourth-order valence-corrected chi connectivity index (χ4v) is 5.53. The minimum Gasteiger partial charge on any atom is -0.494 e. The van der Waals surface area contributed by atoms with Gasteiger partial charge in [0.15, 0.2) is 17.4 Å². The Morgan fingerprint density at radius 2 is 1.76 bits per heavy atom. The van der Waals surface area contributed by atoms with E-state index in [1.165, 1.54) is 38.3 Å². The Bertz CT molecular complexity index is 1590. The number of nitrogens with zero attached hydrogens (tertiary/aromatic N) is 7. The van der Waals surface area contributed by atoms with Gasteiger partial charge in [-0.05, 0) is 63.0 Å². The number of methoxy groups -OCH3 is 1. The summed E-state index contributed by atoms with van der Waals surface area (Å²) in [6.07, 6.45) is 20.0. The number of carbonyl (C=O) groups is 1. The summed E-state index contributed by atoms with van der Waals surface area (Å²) in [4.78, 5) is 26.1. The van der Waals surface area contributed by atoms with E-state index in [2.05, 4.69) is 68.7 Å². The van der Waals surface area contributed by atoms with Gasteiger partial charge in [-0.1, -0.05) is 79.5 Å². The van der Waals surface area contributed by atoms with Crippen molar-refractivity contribution in [3.8, 4) is 17.1 Å². The maximum atomic E-state index is 12.8. The topological polar surface area (TPSA) is 134 Å². The summed E-state index contributed by atoms with van der Waals surface area (Å²) in [6, 6.07) is 5.53. The number of allylic oxidation sites excluding steroid dienone is 2. The zero-order chi connectivity index (χ0) is 37.6. The zero-order valence-electron chi connectivity index (χ0n) is 32.6. The molecule has 280 valence electrons. The molecule has 0 aliphatic heterocycles. The third-order valence-corrected chi connectivity index (χ3v) is 7.86. The highest BCUT2D eigenvalue weighted by Crippen LogP contribution is 2.37. The lowest BCUT2D eigenvalue weighted by Crippen LogP contribution is -2.12. The maximum absolute atomic E-state index is 12.8. The molecule has 0 spiro atoms. The van der Waals surface area contributed by atoms with Crippen molar-refractivity contribution in [1.82, 2.24) is 34.5 Å². The Morgan fingerprint density at radius 3 is 2.33 bits per heavy atom. The summed E-state index contributed by atoms with van der Waals surface area (Å²) in [7, 11) is 3.36. The average molecular weight is 704 g/mol. The highest BCUT2D eigenvalue weighted by molar-refractivity contribution is 5.96. The molecule has 0 saturated carbocycles. The maximum Gasteiger partial charge on any atom is 0.343 e. The van der Waals surface area contributed by atoms with E-state index in [9.17, 15) is 4.79 Å². The molecule has 0 saturated heterocycles. The number of nitrogens with one attached hydrogen (secondary N) is 2. The van der Waals surface area contributed by atoms with E-state index in [-0.39, 0.29) is 18.0 Å². The van der Waals surface area contributed by atoms with Gasteiger partial charge in [0, 0.05) is 26.0 Å². The van der Waals surface area contributed by atoms with Crippen molar-refractivity contribution in [2.45, 2.75) is 107 Å². The molecule has 1 aliphatic carbocycles. The first kappa shape index (κ1) is 42.4. The molecule has 1 unspecified atom stereocenters. The Labute approximate surface area is 305 Å². The lowest BCUT2D eigenvalue weighted by Gasteiger charge is -2.16. The van der Waals surface area contributed by atoms with Crippen molar-refractivity contribution in [2.24, 2.45) is 18.9 Å². The molecule has 1 aliphatic rings. The first-order chi connectivity index (χ1) is 24.8. The number of aromatic nitrogens is 7. The standard InChI is InChI=1S/C28H37N9O3.C7H12.2C2H6/c1-6-10-19(11-7-2)16-37-17-20(14-31-37)32-28-29-15-22(27(38)40-8-3)26(34-28)33-23-13-9-12-21(24(23)39-5)25-30-18-36(4)35-25;1-7-5-3-2-4-6-7;2*1-2/h9,12-15,17-19H,6-8,10-11,16H2,1-5H3,(H2,29,32,33,34);2-3,7H,4-6H2,1H3;2*1-2H3. The van der Waals surface area contributed by atoms with Crippen LogP contribution in [0.15, 0.2) is 55.3 Å². The van der Waals surface area contributed by atoms with Gasteiger partial charge in [0.05, 0.1) is 36.9 Å². The SMILES string of the molecule is CC.CC.CC1CC=CCC1.CCCC(CCC)Cn1cc(Nc2ncc(C(=O)OCC)c(Nc3cccc(-c4ncn(C)n4)c3OC)n2)cn1. The van der Waals surface area contributed by atoms with Crippen molar-refractivity contribution in [1.29, 1.82) is 0 Å². The molecule has 5 rings (SSSR count). The molecule has 0 fully saturated rings. The lowest BCUT2D eigenvalue weighted by atomic mass is 9.97. The molecule has 2 N–H and O–H groups in total. The molecule has 3 heterocycles. The summed E-state index contributed by atoms with van der Waals surface area (Å²) < 4.78 is 14.5. The van der Waals surface area contributed by atoms with E-state index in [1.807, 2.05) is 56.8 Å². The van der Waals surface area contributed by atoms with Crippen molar-refractivity contribution in [3.63, 3.8) is 0 Å². The fraction of sp³-hybridized carbons (Fsp3) is 0.538. The second-order valence-corrected chi connectivity index (χ2v) is 11.8. The van der Waals surface area contributed by atoms with Crippen molar-refractivity contribution < 1.29 is 14.3 Å². The molecular weight excluding hydrogens is 642 g/mol. The van der Waals surface area contributed by atoms with Gasteiger partial charge >= 0.3 is 5.97 Å². The molecule has 12 nitrogen and oxygen atoms in total. The Morgan fingerprint density at radius 1 is 1.02 bits per heavy atom. The van der Waals surface area contributed by atoms with Crippen LogP contribution in [0.5, 0.6) is 5.75 Å². The van der Waals surface area contributed by atoms with Gasteiger partial charge in [0.2, 0.25) is 5.95 Å². The summed E-state index contributed by atoms with van der Waals surface area (Å²) >= 11 is 0. The molecule has 4 aromatic rings. The van der Waals surface area contributed by atoms with Crippen LogP contribution in [0, 0.1) is 11.8 Å². The van der Waals surface area contributed by atoms with Gasteiger partial charge in [-0.2, -0.15) is 15.2 Å². The van der Waals surface area contributed by atoms with Crippen molar-refractivity contribution >= 4 is 29.1 Å². The fourth-order valence-electron chi connectivity index (χ4n) is 5.53. The summed E-state index contributed by atoms with van der Waals surface area (Å²) in [5.74, 6) is 2.58. The second kappa shape index (κ2) is 23.6. The normalized spacial score (nSPS) is 13.1. The van der Waals surface area contributed by atoms with Gasteiger partial charge in [0.25, 0.3) is 0 Å². The number of carbonyl (C=O) groups excluding carboxylic acids is 1. The van der Waals surface area contributed by atoms with Crippen LogP contribution in [0.1, 0.15) is 111 Å². The van der Waals surface area contributed by atoms with Crippen LogP contribution in [0.4, 0.5) is 23.1 Å². The number of rotatable bonds is 14. The Balaban J connectivity index is 0.000000712. The van der Waals surface area contributed by atoms with Crippen LogP contribution in [-0.2, 0) is 18.3 Å². The van der Waals surface area contributed by atoms with Crippen LogP contribution < -0.4 is 15.4 Å². The number of hydrogen-bond donors (Lipinski definition) is 2. The summed E-state index contributed by atoms with van der Waals surface area (Å²) in [5.41, 5.74) is 2.21. The van der Waals surface area contributed by atoms with E-state index in [4.69, 9.17) is 9.47 Å². The zero-order valence-corrected chi connectivity index (χ0v) is 32.6. The van der Waals surface area contributed by atoms with E-state index < -0.39 is 5.97 Å². The van der Waals surface area contributed by atoms with E-state index in [0.717, 1.165) is 31.0 Å². The molecule has 51 heavy (non-hydrogen) atoms. The second-order valence-electron chi connectivity index (χ2n) is 11.8. The highest BCUT2D eigenvalue weighted by atomic mass is 16.5. The van der Waals surface area contributed by atoms with Crippen molar-refractivity contribution in [2.75, 3.05) is 24.4 Å². The van der Waals surface area contributed by atoms with E-state index >= 15 is 0 Å². The minimum absolute atomic E-state index is 0.188. The third-order valence-electron chi connectivity index (χ3n) is 7.86. The van der Waals surface area contributed by atoms with E-state index in [1.54, 1.807) is 38.3 Å². The molecule has 0 bridgehead atoms. The largest absolute Gasteiger partial charge is 0.494 e. The van der Waals surface area contributed by atoms with Crippen LogP contribution in [-0.4, -0.2) is 54.2 Å². The number of anilines is 4. The highest BCUT2D eigenvalue weighted by Gasteiger charge is 2.20. The Kier molecular flexibility index (Phi) is 19.7. The van der Waals surface area contributed by atoms with Gasteiger partial charge in [-0.3, -0.25) is 9.36 Å². The summed E-state index contributed by atoms with van der Waals surface area (Å²) in [5, 5.41) is 15.3. The predicted octanol–water partition coefficient (Wildman–Crippen LogP) is 9.77. The molecule has 0 radical (unpaired) electrons. The van der Waals surface area contributed by atoms with Gasteiger partial charge < -0.3 is 20.1 Å². The van der Waals surface area contributed by atoms with Crippen LogP contribution in [0.25, 0.3) is 11.4 Å². The Hall–Kier alpha value is -4.74. The van der Waals surface area contributed by atoms with Crippen LogP contribution in [0.2, 0.25) is 0 Å². The number of aryl methyl sites for hydroxylation is 1. The monoisotopic (exact) mass is 703 g/mol. The quantitative estimate of drug-likeness (QED) is 0.0965. The molecular formula is C39H61N9O3. The number of benzene rings is 1. The minimum atomic E-state index is -0.538. The van der Waals surface area contributed by atoms with Crippen LogP contribution >= 0.6 is 0 Å². The first-order valence-corrected chi connectivity index (χ1v) is 18.6. The lowest BCUT2D eigenvalue weighted by molar-refractivity contribution is 0.0526. The average Bonchev–Trinajstić information content (AvgIpc) is 3.79. The molecule has 1 atom stereocenters. The number of para-hydroxylation sites is 1. The predicted molar refractivity (Wildman–Crippen MR) is 208 cm³/mol. The molecule has 0 amide bonds. The smallest absolute Gasteiger partial charge is 0.343 e. The van der Waals surface area contributed by atoms with E-state index in [0.29, 0.717) is 34.7 Å². The molecule has 3 aromatic heterocycles. The van der Waals surface area contributed by atoms with Gasteiger partial charge in [-0.25, -0.2) is 14.8 Å². The number of ether oxygens (including phenoxy) is 2. The third kappa shape index (κ3) is 13.5. The number of esters is 1. The van der Waals surface area contributed by atoms with Crippen molar-refractivity contribution in [3.05, 3.63) is 60.8 Å². The van der Waals surface area contributed by atoms with Gasteiger partial charge in [-0.15, -0.1) is 0 Å². The first-order valence-electron chi connectivity index (χ1n) is 18.6. The van der Waals surface area contributed by atoms with Gasteiger partial charge in [0.1, 0.15) is 11.9 Å². The molecule has 1 aromatic carbocycles. The summed E-state index contributed by atoms with van der Waals surface area (Å²) in [6.45, 7) is 17.6.